The second-order valence-corrected chi connectivity index (χ2v) is 8.73. The SMILES string of the molecule is Cc1ccc(Cn2cnc(NC(=O)c3cc(COc4ccc5ccccc5c4)cs3)n2)cc1. The van der Waals surface area contributed by atoms with Gasteiger partial charge in [-0.05, 0) is 46.8 Å². The van der Waals surface area contributed by atoms with Crippen molar-refractivity contribution in [2.45, 2.75) is 20.1 Å². The number of ether oxygens (including phenoxy) is 1. The summed E-state index contributed by atoms with van der Waals surface area (Å²) in [5.74, 6) is 0.855. The summed E-state index contributed by atoms with van der Waals surface area (Å²) in [6.45, 7) is 3.04. The molecular formula is C26H22N4O2S. The standard InChI is InChI=1S/C26H22N4O2S/c1-18-6-8-19(9-7-18)14-30-17-27-26(29-30)28-25(31)24-12-20(16-33-24)15-32-23-11-10-21-4-2-3-5-22(21)13-23/h2-13,16-17H,14-15H2,1H3,(H,28,29,31). The van der Waals surface area contributed by atoms with Crippen molar-refractivity contribution < 1.29 is 9.53 Å². The van der Waals surface area contributed by atoms with E-state index in [-0.39, 0.29) is 11.9 Å². The lowest BCUT2D eigenvalue weighted by atomic mass is 10.1. The number of nitrogens with one attached hydrogen (secondary N) is 1. The van der Waals surface area contributed by atoms with Crippen LogP contribution in [0.2, 0.25) is 0 Å². The van der Waals surface area contributed by atoms with E-state index in [1.165, 1.54) is 22.3 Å². The molecule has 0 aliphatic carbocycles. The molecule has 5 rings (SSSR count). The average molecular weight is 455 g/mol. The van der Waals surface area contributed by atoms with Crippen LogP contribution in [-0.4, -0.2) is 20.7 Å². The number of fused-ring (bicyclic) bond motifs is 1. The molecular weight excluding hydrogens is 432 g/mol. The van der Waals surface area contributed by atoms with Crippen LogP contribution in [0.25, 0.3) is 10.8 Å². The molecule has 164 valence electrons. The van der Waals surface area contributed by atoms with E-state index in [0.717, 1.165) is 22.3 Å². The summed E-state index contributed by atoms with van der Waals surface area (Å²) >= 11 is 1.37. The molecule has 0 aliphatic heterocycles. The maximum Gasteiger partial charge on any atom is 0.268 e. The van der Waals surface area contributed by atoms with E-state index in [1.807, 2.05) is 41.8 Å². The highest BCUT2D eigenvalue weighted by Crippen LogP contribution is 2.23. The van der Waals surface area contributed by atoms with Gasteiger partial charge in [0.1, 0.15) is 18.7 Å². The summed E-state index contributed by atoms with van der Waals surface area (Å²) in [6.07, 6.45) is 1.62. The van der Waals surface area contributed by atoms with E-state index in [0.29, 0.717) is 18.0 Å². The zero-order valence-electron chi connectivity index (χ0n) is 18.1. The third kappa shape index (κ3) is 5.10. The second-order valence-electron chi connectivity index (χ2n) is 7.82. The Bertz CT molecular complexity index is 1410. The summed E-state index contributed by atoms with van der Waals surface area (Å²) in [5, 5.41) is 11.4. The maximum atomic E-state index is 12.6. The predicted molar refractivity (Wildman–Crippen MR) is 131 cm³/mol. The van der Waals surface area contributed by atoms with Crippen LogP contribution in [0.15, 0.2) is 84.5 Å². The van der Waals surface area contributed by atoms with Crippen LogP contribution in [0.4, 0.5) is 5.95 Å². The number of nitrogens with zero attached hydrogens (tertiary/aromatic N) is 3. The lowest BCUT2D eigenvalue weighted by Crippen LogP contribution is -2.12. The molecule has 0 radical (unpaired) electrons. The molecule has 0 atom stereocenters. The van der Waals surface area contributed by atoms with Crippen LogP contribution in [0.5, 0.6) is 5.75 Å². The number of aryl methyl sites for hydroxylation is 1. The largest absolute Gasteiger partial charge is 0.489 e. The number of rotatable bonds is 7. The summed E-state index contributed by atoms with van der Waals surface area (Å²) < 4.78 is 7.63. The van der Waals surface area contributed by atoms with Crippen molar-refractivity contribution in [2.75, 3.05) is 5.32 Å². The Kier molecular flexibility index (Phi) is 5.87. The molecule has 2 heterocycles. The van der Waals surface area contributed by atoms with E-state index >= 15 is 0 Å². The van der Waals surface area contributed by atoms with Crippen LogP contribution >= 0.6 is 11.3 Å². The number of anilines is 1. The van der Waals surface area contributed by atoms with E-state index in [2.05, 4.69) is 58.7 Å². The molecule has 3 aromatic carbocycles. The molecule has 5 aromatic rings. The molecule has 0 fully saturated rings. The van der Waals surface area contributed by atoms with Crippen molar-refractivity contribution in [3.05, 3.63) is 106 Å². The number of carbonyl (C=O) groups is 1. The van der Waals surface area contributed by atoms with Crippen molar-refractivity contribution in [3.63, 3.8) is 0 Å². The molecule has 0 bridgehead atoms. The van der Waals surface area contributed by atoms with Gasteiger partial charge in [0, 0.05) is 5.56 Å². The first-order valence-corrected chi connectivity index (χ1v) is 11.5. The quantitative estimate of drug-likeness (QED) is 0.343. The van der Waals surface area contributed by atoms with E-state index < -0.39 is 0 Å². The van der Waals surface area contributed by atoms with Crippen LogP contribution in [0, 0.1) is 6.92 Å². The summed E-state index contributed by atoms with van der Waals surface area (Å²) in [4.78, 5) is 17.4. The lowest BCUT2D eigenvalue weighted by molar-refractivity contribution is 0.102. The van der Waals surface area contributed by atoms with Crippen molar-refractivity contribution in [3.8, 4) is 5.75 Å². The third-order valence-electron chi connectivity index (χ3n) is 5.23. The Hall–Kier alpha value is -3.97. The highest BCUT2D eigenvalue weighted by Gasteiger charge is 2.12. The minimum absolute atomic E-state index is 0.231. The first kappa shape index (κ1) is 20.9. The zero-order chi connectivity index (χ0) is 22.6. The van der Waals surface area contributed by atoms with Crippen LogP contribution < -0.4 is 10.1 Å². The van der Waals surface area contributed by atoms with Gasteiger partial charge in [0.25, 0.3) is 5.91 Å². The van der Waals surface area contributed by atoms with Gasteiger partial charge in [0.15, 0.2) is 0 Å². The number of aromatic nitrogens is 3. The molecule has 0 aliphatic rings. The van der Waals surface area contributed by atoms with E-state index in [9.17, 15) is 4.79 Å². The van der Waals surface area contributed by atoms with Gasteiger partial charge in [-0.15, -0.1) is 16.4 Å². The summed E-state index contributed by atoms with van der Waals surface area (Å²) in [7, 11) is 0. The van der Waals surface area contributed by atoms with Gasteiger partial charge >= 0.3 is 0 Å². The number of thiophene rings is 1. The van der Waals surface area contributed by atoms with E-state index in [1.54, 1.807) is 11.0 Å². The molecule has 1 amide bonds. The van der Waals surface area contributed by atoms with Crippen molar-refractivity contribution in [1.29, 1.82) is 0 Å². The average Bonchev–Trinajstić information content (AvgIpc) is 3.49. The van der Waals surface area contributed by atoms with Gasteiger partial charge in [-0.25, -0.2) is 9.67 Å². The minimum atomic E-state index is -0.231. The number of amides is 1. The first-order chi connectivity index (χ1) is 16.1. The number of hydrogen-bond acceptors (Lipinski definition) is 5. The molecule has 0 unspecified atom stereocenters. The fourth-order valence-electron chi connectivity index (χ4n) is 3.47. The van der Waals surface area contributed by atoms with Crippen LogP contribution in [0.3, 0.4) is 0 Å². The topological polar surface area (TPSA) is 69.0 Å². The highest BCUT2D eigenvalue weighted by molar-refractivity contribution is 7.12. The fourth-order valence-corrected chi connectivity index (χ4v) is 4.26. The minimum Gasteiger partial charge on any atom is -0.489 e. The van der Waals surface area contributed by atoms with Crippen molar-refractivity contribution >= 4 is 34.0 Å². The Morgan fingerprint density at radius 2 is 1.82 bits per heavy atom. The Morgan fingerprint density at radius 3 is 2.67 bits per heavy atom. The van der Waals surface area contributed by atoms with Gasteiger partial charge in [0.2, 0.25) is 5.95 Å². The predicted octanol–water partition coefficient (Wildman–Crippen LogP) is 5.68. The van der Waals surface area contributed by atoms with Crippen LogP contribution in [0.1, 0.15) is 26.4 Å². The van der Waals surface area contributed by atoms with Gasteiger partial charge < -0.3 is 4.74 Å². The number of hydrogen-bond donors (Lipinski definition) is 1. The fraction of sp³-hybridized carbons (Fsp3) is 0.115. The monoisotopic (exact) mass is 454 g/mol. The van der Waals surface area contributed by atoms with Crippen molar-refractivity contribution in [1.82, 2.24) is 14.8 Å². The van der Waals surface area contributed by atoms with Gasteiger partial charge in [-0.2, -0.15) is 0 Å². The molecule has 1 N–H and O–H groups in total. The molecule has 0 saturated heterocycles. The molecule has 0 spiro atoms. The first-order valence-electron chi connectivity index (χ1n) is 10.6. The third-order valence-corrected chi connectivity index (χ3v) is 6.21. The van der Waals surface area contributed by atoms with Crippen molar-refractivity contribution in [2.24, 2.45) is 0 Å². The molecule has 7 heteroatoms. The second kappa shape index (κ2) is 9.26. The normalized spacial score (nSPS) is 10.9. The molecule has 6 nitrogen and oxygen atoms in total. The highest BCUT2D eigenvalue weighted by atomic mass is 32.1. The Labute approximate surface area is 195 Å². The summed E-state index contributed by atoms with van der Waals surface area (Å²) in [5.41, 5.74) is 3.28. The zero-order valence-corrected chi connectivity index (χ0v) is 18.9. The van der Waals surface area contributed by atoms with Crippen LogP contribution in [-0.2, 0) is 13.2 Å². The molecule has 2 aromatic heterocycles. The molecule has 0 saturated carbocycles. The lowest BCUT2D eigenvalue weighted by Gasteiger charge is -2.06. The van der Waals surface area contributed by atoms with Gasteiger partial charge in [0.05, 0.1) is 11.4 Å². The van der Waals surface area contributed by atoms with Gasteiger partial charge in [-0.1, -0.05) is 60.2 Å². The maximum absolute atomic E-state index is 12.6. The Balaban J connectivity index is 1.18. The summed E-state index contributed by atoms with van der Waals surface area (Å²) in [6, 6.07) is 24.3. The number of benzene rings is 3. The number of carbonyl (C=O) groups excluding carboxylic acids is 1. The Morgan fingerprint density at radius 1 is 1.00 bits per heavy atom. The molecule has 33 heavy (non-hydrogen) atoms. The smallest absolute Gasteiger partial charge is 0.268 e. The van der Waals surface area contributed by atoms with Gasteiger partial charge in [-0.3, -0.25) is 10.1 Å². The van der Waals surface area contributed by atoms with E-state index in [4.69, 9.17) is 4.74 Å².